The quantitative estimate of drug-likeness (QED) is 0.573. The third-order valence-corrected chi connectivity index (χ3v) is 4.63. The molecule has 0 unspecified atom stereocenters. The molecule has 7 nitrogen and oxygen atoms in total. The number of nitrogens with one attached hydrogen (secondary N) is 1. The van der Waals surface area contributed by atoms with Crippen LogP contribution in [0, 0.1) is 13.8 Å². The van der Waals surface area contributed by atoms with Gasteiger partial charge in [0.25, 0.3) is 5.56 Å². The fourth-order valence-electron chi connectivity index (χ4n) is 3.01. The average Bonchev–Trinajstić information content (AvgIpc) is 3.04. The minimum Gasteiger partial charge on any atom is -0.283 e. The van der Waals surface area contributed by atoms with Crippen molar-refractivity contribution in [3.8, 4) is 5.69 Å². The van der Waals surface area contributed by atoms with E-state index in [0.29, 0.717) is 22.0 Å². The Kier molecular flexibility index (Phi) is 2.98. The fourth-order valence-corrected chi connectivity index (χ4v) is 3.14. The molecule has 24 heavy (non-hydrogen) atoms. The zero-order chi connectivity index (χ0) is 17.2. The number of fused-ring (bicyclic) bond motifs is 3. The Morgan fingerprint density at radius 1 is 1.08 bits per heavy atom. The van der Waals surface area contributed by atoms with E-state index in [0.717, 1.165) is 17.1 Å². The van der Waals surface area contributed by atoms with Gasteiger partial charge >= 0.3 is 5.69 Å². The summed E-state index contributed by atoms with van der Waals surface area (Å²) < 4.78 is 5.05. The topological polar surface area (TPSA) is 77.1 Å². The largest absolute Gasteiger partial charge is 0.329 e. The van der Waals surface area contributed by atoms with Crippen molar-refractivity contribution in [3.05, 3.63) is 61.5 Å². The Bertz CT molecular complexity index is 1220. The predicted molar refractivity (Wildman–Crippen MR) is 92.4 cm³/mol. The third kappa shape index (κ3) is 1.81. The van der Waals surface area contributed by atoms with Crippen LogP contribution in [0.2, 0.25) is 5.02 Å². The second kappa shape index (κ2) is 4.85. The number of hydrogen-bond acceptors (Lipinski definition) is 3. The number of aromatic nitrogens is 5. The zero-order valence-corrected chi connectivity index (χ0v) is 14.0. The van der Waals surface area contributed by atoms with Gasteiger partial charge in [-0.2, -0.15) is 4.98 Å². The van der Waals surface area contributed by atoms with Gasteiger partial charge in [0.1, 0.15) is 0 Å². The number of aromatic amines is 1. The van der Waals surface area contributed by atoms with Crippen LogP contribution < -0.4 is 11.2 Å². The summed E-state index contributed by atoms with van der Waals surface area (Å²) in [5, 5.41) is 0.642. The number of benzene rings is 1. The van der Waals surface area contributed by atoms with Crippen molar-refractivity contribution in [1.29, 1.82) is 0 Å². The number of aryl methyl sites for hydroxylation is 2. The first-order valence-corrected chi connectivity index (χ1v) is 7.73. The highest BCUT2D eigenvalue weighted by atomic mass is 35.5. The first-order valence-electron chi connectivity index (χ1n) is 7.35. The van der Waals surface area contributed by atoms with E-state index in [4.69, 9.17) is 11.6 Å². The maximum absolute atomic E-state index is 12.3. The van der Waals surface area contributed by atoms with Gasteiger partial charge < -0.3 is 0 Å². The van der Waals surface area contributed by atoms with Crippen molar-refractivity contribution in [1.82, 2.24) is 23.5 Å². The summed E-state index contributed by atoms with van der Waals surface area (Å²) in [6.07, 6.45) is 0. The molecule has 1 N–H and O–H groups in total. The molecule has 3 aromatic heterocycles. The lowest BCUT2D eigenvalue weighted by atomic mass is 10.3. The lowest BCUT2D eigenvalue weighted by Gasteiger charge is -2.06. The maximum atomic E-state index is 12.3. The van der Waals surface area contributed by atoms with E-state index in [2.05, 4.69) is 9.97 Å². The van der Waals surface area contributed by atoms with Crippen LogP contribution in [-0.4, -0.2) is 23.5 Å². The number of imidazole rings is 2. The molecule has 0 aliphatic heterocycles. The molecule has 122 valence electrons. The van der Waals surface area contributed by atoms with E-state index in [-0.39, 0.29) is 0 Å². The molecule has 0 bridgehead atoms. The zero-order valence-electron chi connectivity index (χ0n) is 13.3. The molecule has 3 heterocycles. The minimum atomic E-state index is -0.485. The molecule has 0 amide bonds. The Morgan fingerprint density at radius 3 is 2.42 bits per heavy atom. The summed E-state index contributed by atoms with van der Waals surface area (Å²) in [5.74, 6) is 0.578. The summed E-state index contributed by atoms with van der Waals surface area (Å²) in [6.45, 7) is 3.88. The monoisotopic (exact) mass is 343 g/mol. The highest BCUT2D eigenvalue weighted by molar-refractivity contribution is 6.30. The van der Waals surface area contributed by atoms with E-state index in [1.54, 1.807) is 23.6 Å². The van der Waals surface area contributed by atoms with Crippen molar-refractivity contribution in [3.63, 3.8) is 0 Å². The molecule has 4 aromatic rings. The van der Waals surface area contributed by atoms with Gasteiger partial charge in [0.2, 0.25) is 5.78 Å². The Balaban J connectivity index is 2.22. The average molecular weight is 344 g/mol. The molecule has 4 rings (SSSR count). The minimum absolute atomic E-state index is 0.351. The molecule has 0 radical (unpaired) electrons. The van der Waals surface area contributed by atoms with Crippen molar-refractivity contribution >= 4 is 28.5 Å². The number of nitrogens with zero attached hydrogens (tertiary/aromatic N) is 4. The van der Waals surface area contributed by atoms with E-state index in [1.165, 1.54) is 4.57 Å². The molecule has 1 aromatic carbocycles. The molecular weight excluding hydrogens is 330 g/mol. The standard InChI is InChI=1S/C16H14ClN5O2/c1-8-9(2)22-12-13(20(3)16(24)19-14(12)23)18-15(22)21(8)11-6-4-10(17)5-7-11/h4-7H,1-3H3,(H,19,23,24). The summed E-state index contributed by atoms with van der Waals surface area (Å²) in [4.78, 5) is 31.0. The maximum Gasteiger partial charge on any atom is 0.329 e. The number of hydrogen-bond donors (Lipinski definition) is 1. The highest BCUT2D eigenvalue weighted by Crippen LogP contribution is 2.25. The van der Waals surface area contributed by atoms with Gasteiger partial charge in [0.15, 0.2) is 11.2 Å². The van der Waals surface area contributed by atoms with Gasteiger partial charge in [0, 0.05) is 29.1 Å². The van der Waals surface area contributed by atoms with Gasteiger partial charge in [-0.1, -0.05) is 11.6 Å². The van der Waals surface area contributed by atoms with Crippen LogP contribution in [0.4, 0.5) is 0 Å². The van der Waals surface area contributed by atoms with Gasteiger partial charge in [-0.25, -0.2) is 4.79 Å². The lowest BCUT2D eigenvalue weighted by molar-refractivity contribution is 0.830. The summed E-state index contributed by atoms with van der Waals surface area (Å²) in [6, 6.07) is 7.37. The molecule has 0 fully saturated rings. The summed E-state index contributed by atoms with van der Waals surface area (Å²) in [7, 11) is 1.59. The van der Waals surface area contributed by atoms with Crippen molar-refractivity contribution in [2.75, 3.05) is 0 Å². The van der Waals surface area contributed by atoms with Crippen molar-refractivity contribution in [2.24, 2.45) is 7.05 Å². The van der Waals surface area contributed by atoms with Crippen LogP contribution in [0.3, 0.4) is 0 Å². The van der Waals surface area contributed by atoms with Crippen LogP contribution in [0.25, 0.3) is 22.6 Å². The van der Waals surface area contributed by atoms with Crippen LogP contribution in [0.5, 0.6) is 0 Å². The first kappa shape index (κ1) is 14.8. The lowest BCUT2D eigenvalue weighted by Crippen LogP contribution is -2.28. The highest BCUT2D eigenvalue weighted by Gasteiger charge is 2.21. The molecule has 0 saturated carbocycles. The molecule has 0 saturated heterocycles. The normalized spacial score (nSPS) is 11.7. The molecule has 0 spiro atoms. The second-order valence-electron chi connectivity index (χ2n) is 5.72. The number of halogens is 1. The fraction of sp³-hybridized carbons (Fsp3) is 0.188. The van der Waals surface area contributed by atoms with Crippen LogP contribution in [-0.2, 0) is 7.05 Å². The Hall–Kier alpha value is -2.80. The van der Waals surface area contributed by atoms with Gasteiger partial charge in [-0.3, -0.25) is 23.3 Å². The van der Waals surface area contributed by atoms with E-state index in [9.17, 15) is 9.59 Å². The Labute approximate surface area is 140 Å². The van der Waals surface area contributed by atoms with Gasteiger partial charge in [-0.05, 0) is 38.1 Å². The molecule has 0 atom stereocenters. The van der Waals surface area contributed by atoms with E-state index in [1.807, 2.05) is 30.5 Å². The molecule has 0 aliphatic rings. The van der Waals surface area contributed by atoms with Gasteiger partial charge in [-0.15, -0.1) is 0 Å². The molecule has 8 heteroatoms. The summed E-state index contributed by atoms with van der Waals surface area (Å²) >= 11 is 5.97. The second-order valence-corrected chi connectivity index (χ2v) is 6.16. The number of rotatable bonds is 1. The number of H-pyrrole nitrogens is 1. The molecule has 0 aliphatic carbocycles. The van der Waals surface area contributed by atoms with Crippen LogP contribution >= 0.6 is 11.6 Å². The Morgan fingerprint density at radius 2 is 1.75 bits per heavy atom. The van der Waals surface area contributed by atoms with E-state index >= 15 is 0 Å². The van der Waals surface area contributed by atoms with Crippen LogP contribution in [0.15, 0.2) is 33.9 Å². The smallest absolute Gasteiger partial charge is 0.283 e. The molecular formula is C16H14ClN5O2. The van der Waals surface area contributed by atoms with Crippen molar-refractivity contribution < 1.29 is 0 Å². The SMILES string of the molecule is Cc1c(C)n2c3c(=O)[nH]c(=O)n(C)c3nc2n1-c1ccc(Cl)cc1. The van der Waals surface area contributed by atoms with Crippen molar-refractivity contribution in [2.45, 2.75) is 13.8 Å². The van der Waals surface area contributed by atoms with E-state index < -0.39 is 11.2 Å². The third-order valence-electron chi connectivity index (χ3n) is 4.38. The first-order chi connectivity index (χ1) is 11.4. The van der Waals surface area contributed by atoms with Crippen LogP contribution in [0.1, 0.15) is 11.4 Å². The summed E-state index contributed by atoms with van der Waals surface area (Å²) in [5.41, 5.74) is 2.50. The predicted octanol–water partition coefficient (Wildman–Crippen LogP) is 1.94. The van der Waals surface area contributed by atoms with Gasteiger partial charge in [0.05, 0.1) is 0 Å².